The summed E-state index contributed by atoms with van der Waals surface area (Å²) in [4.78, 5) is 15.2. The number of thiophene rings is 1. The van der Waals surface area contributed by atoms with Gasteiger partial charge in [-0.25, -0.2) is 0 Å². The van der Waals surface area contributed by atoms with Gasteiger partial charge in [0.05, 0.1) is 12.0 Å². The SMILES string of the molecule is CCCC1(C(=O)NCc2cc(C)c(C)s2)CCNCC1. The summed E-state index contributed by atoms with van der Waals surface area (Å²) in [6.07, 6.45) is 4.01. The molecule has 2 N–H and O–H groups in total. The fourth-order valence-electron chi connectivity index (χ4n) is 3.07. The third-order valence-electron chi connectivity index (χ3n) is 4.41. The molecule has 1 saturated heterocycles. The van der Waals surface area contributed by atoms with Crippen LogP contribution in [0.4, 0.5) is 0 Å². The highest BCUT2D eigenvalue weighted by atomic mass is 32.1. The van der Waals surface area contributed by atoms with E-state index in [0.717, 1.165) is 38.8 Å². The first-order valence-corrected chi connectivity index (χ1v) is 8.44. The predicted octanol–water partition coefficient (Wildman–Crippen LogP) is 3.15. The van der Waals surface area contributed by atoms with Crippen LogP contribution in [0, 0.1) is 19.3 Å². The monoisotopic (exact) mass is 294 g/mol. The van der Waals surface area contributed by atoms with Crippen LogP contribution in [-0.2, 0) is 11.3 Å². The van der Waals surface area contributed by atoms with E-state index in [-0.39, 0.29) is 11.3 Å². The Bertz CT molecular complexity index is 436. The van der Waals surface area contributed by atoms with Gasteiger partial charge < -0.3 is 10.6 Å². The second-order valence-corrected chi connectivity index (χ2v) is 7.26. The lowest BCUT2D eigenvalue weighted by molar-refractivity contribution is -0.133. The van der Waals surface area contributed by atoms with Gasteiger partial charge in [0.2, 0.25) is 5.91 Å². The molecular weight excluding hydrogens is 268 g/mol. The normalized spacial score (nSPS) is 17.9. The summed E-state index contributed by atoms with van der Waals surface area (Å²) in [5.41, 5.74) is 1.19. The molecule has 3 nitrogen and oxygen atoms in total. The molecule has 0 atom stereocenters. The molecule has 1 amide bonds. The second kappa shape index (κ2) is 6.72. The molecule has 1 aromatic heterocycles. The van der Waals surface area contributed by atoms with Gasteiger partial charge in [-0.3, -0.25) is 4.79 Å². The highest BCUT2D eigenvalue weighted by Gasteiger charge is 2.38. The molecule has 2 heterocycles. The fourth-order valence-corrected chi connectivity index (χ4v) is 4.06. The number of hydrogen-bond acceptors (Lipinski definition) is 3. The van der Waals surface area contributed by atoms with Crippen LogP contribution in [0.5, 0.6) is 0 Å². The predicted molar refractivity (Wildman–Crippen MR) is 85.1 cm³/mol. The topological polar surface area (TPSA) is 41.1 Å². The van der Waals surface area contributed by atoms with E-state index in [1.807, 2.05) is 0 Å². The minimum Gasteiger partial charge on any atom is -0.351 e. The first-order valence-electron chi connectivity index (χ1n) is 7.62. The second-order valence-electron chi connectivity index (χ2n) is 5.91. The lowest BCUT2D eigenvalue weighted by Gasteiger charge is -2.36. The zero-order chi connectivity index (χ0) is 14.6. The van der Waals surface area contributed by atoms with Gasteiger partial charge in [-0.2, -0.15) is 0 Å². The van der Waals surface area contributed by atoms with Crippen LogP contribution in [0.2, 0.25) is 0 Å². The molecule has 20 heavy (non-hydrogen) atoms. The number of carbonyl (C=O) groups excluding carboxylic acids is 1. The molecule has 112 valence electrons. The lowest BCUT2D eigenvalue weighted by Crippen LogP contribution is -2.47. The quantitative estimate of drug-likeness (QED) is 0.876. The Morgan fingerprint density at radius 2 is 2.10 bits per heavy atom. The van der Waals surface area contributed by atoms with Crippen molar-refractivity contribution in [3.63, 3.8) is 0 Å². The summed E-state index contributed by atoms with van der Waals surface area (Å²) in [5.74, 6) is 0.254. The summed E-state index contributed by atoms with van der Waals surface area (Å²) in [6.45, 7) is 9.04. The molecule has 0 bridgehead atoms. The van der Waals surface area contributed by atoms with Crippen molar-refractivity contribution < 1.29 is 4.79 Å². The van der Waals surface area contributed by atoms with E-state index >= 15 is 0 Å². The highest BCUT2D eigenvalue weighted by molar-refractivity contribution is 7.12. The van der Waals surface area contributed by atoms with Gasteiger partial charge in [-0.15, -0.1) is 11.3 Å². The van der Waals surface area contributed by atoms with Crippen LogP contribution in [0.3, 0.4) is 0 Å². The molecule has 0 radical (unpaired) electrons. The van der Waals surface area contributed by atoms with Crippen molar-refractivity contribution in [3.8, 4) is 0 Å². The number of aryl methyl sites for hydroxylation is 2. The Balaban J connectivity index is 1.98. The molecule has 0 saturated carbocycles. The van der Waals surface area contributed by atoms with Crippen molar-refractivity contribution in [3.05, 3.63) is 21.4 Å². The Morgan fingerprint density at radius 3 is 2.65 bits per heavy atom. The summed E-state index contributed by atoms with van der Waals surface area (Å²) in [6, 6.07) is 2.19. The Morgan fingerprint density at radius 1 is 1.40 bits per heavy atom. The van der Waals surface area contributed by atoms with Crippen LogP contribution in [0.25, 0.3) is 0 Å². The summed E-state index contributed by atoms with van der Waals surface area (Å²) in [7, 11) is 0. The number of carbonyl (C=O) groups is 1. The van der Waals surface area contributed by atoms with E-state index in [1.54, 1.807) is 11.3 Å². The van der Waals surface area contributed by atoms with Crippen molar-refractivity contribution >= 4 is 17.2 Å². The molecule has 0 spiro atoms. The zero-order valence-electron chi connectivity index (χ0n) is 12.8. The van der Waals surface area contributed by atoms with Gasteiger partial charge in [-0.05, 0) is 57.8 Å². The molecule has 1 aromatic rings. The maximum atomic E-state index is 12.6. The van der Waals surface area contributed by atoms with Crippen molar-refractivity contribution in [2.24, 2.45) is 5.41 Å². The maximum Gasteiger partial charge on any atom is 0.226 e. The smallest absolute Gasteiger partial charge is 0.226 e. The number of amides is 1. The van der Waals surface area contributed by atoms with Crippen molar-refractivity contribution in [1.82, 2.24) is 10.6 Å². The molecule has 1 fully saturated rings. The Labute approximate surface area is 126 Å². The van der Waals surface area contributed by atoms with Crippen LogP contribution in [0.1, 0.15) is 47.9 Å². The van der Waals surface area contributed by atoms with Gasteiger partial charge in [0, 0.05) is 9.75 Å². The summed E-state index contributed by atoms with van der Waals surface area (Å²) >= 11 is 1.79. The third kappa shape index (κ3) is 3.41. The molecule has 2 rings (SSSR count). The summed E-state index contributed by atoms with van der Waals surface area (Å²) in [5, 5.41) is 6.54. The number of nitrogens with one attached hydrogen (secondary N) is 2. The Hall–Kier alpha value is -0.870. The van der Waals surface area contributed by atoms with Gasteiger partial charge >= 0.3 is 0 Å². The van der Waals surface area contributed by atoms with E-state index in [0.29, 0.717) is 6.54 Å². The molecule has 0 aromatic carbocycles. The maximum absolute atomic E-state index is 12.6. The first kappa shape index (κ1) is 15.5. The van der Waals surface area contributed by atoms with Crippen LogP contribution < -0.4 is 10.6 Å². The molecule has 1 aliphatic rings. The number of piperidine rings is 1. The molecule has 0 aliphatic carbocycles. The number of hydrogen-bond donors (Lipinski definition) is 2. The standard InChI is InChI=1S/C16H26N2OS/c1-4-5-16(6-8-17-9-7-16)15(19)18-11-14-10-12(2)13(3)20-14/h10,17H,4-9,11H2,1-3H3,(H,18,19). The van der Waals surface area contributed by atoms with E-state index < -0.39 is 0 Å². The molecule has 1 aliphatic heterocycles. The summed E-state index contributed by atoms with van der Waals surface area (Å²) < 4.78 is 0. The minimum atomic E-state index is -0.138. The third-order valence-corrected chi connectivity index (χ3v) is 5.56. The van der Waals surface area contributed by atoms with E-state index in [1.165, 1.54) is 15.3 Å². The Kier molecular flexibility index (Phi) is 5.22. The van der Waals surface area contributed by atoms with Crippen LogP contribution >= 0.6 is 11.3 Å². The van der Waals surface area contributed by atoms with Gasteiger partial charge in [0.25, 0.3) is 0 Å². The van der Waals surface area contributed by atoms with Crippen molar-refractivity contribution in [2.75, 3.05) is 13.1 Å². The van der Waals surface area contributed by atoms with Crippen molar-refractivity contribution in [2.45, 2.75) is 53.0 Å². The average Bonchev–Trinajstić information content (AvgIpc) is 2.76. The van der Waals surface area contributed by atoms with E-state index in [9.17, 15) is 4.79 Å². The highest BCUT2D eigenvalue weighted by Crippen LogP contribution is 2.34. The van der Waals surface area contributed by atoms with Gasteiger partial charge in [0.1, 0.15) is 0 Å². The first-order chi connectivity index (χ1) is 9.57. The van der Waals surface area contributed by atoms with Crippen LogP contribution in [0.15, 0.2) is 6.07 Å². The fraction of sp³-hybridized carbons (Fsp3) is 0.688. The van der Waals surface area contributed by atoms with Gasteiger partial charge in [-0.1, -0.05) is 13.3 Å². The number of rotatable bonds is 5. The van der Waals surface area contributed by atoms with E-state index in [2.05, 4.69) is 37.5 Å². The molecule has 4 heteroatoms. The molecular formula is C16H26N2OS. The zero-order valence-corrected chi connectivity index (χ0v) is 13.7. The largest absolute Gasteiger partial charge is 0.351 e. The molecule has 0 unspecified atom stereocenters. The van der Waals surface area contributed by atoms with Crippen LogP contribution in [-0.4, -0.2) is 19.0 Å². The minimum absolute atomic E-state index is 0.138. The van der Waals surface area contributed by atoms with E-state index in [4.69, 9.17) is 0 Å². The lowest BCUT2D eigenvalue weighted by atomic mass is 9.74. The van der Waals surface area contributed by atoms with Gasteiger partial charge in [0.15, 0.2) is 0 Å². The van der Waals surface area contributed by atoms with Crippen molar-refractivity contribution in [1.29, 1.82) is 0 Å². The average molecular weight is 294 g/mol.